The zero-order valence-electron chi connectivity index (χ0n) is 12.3. The first kappa shape index (κ1) is 16.7. The number of hydrogen-bond donors (Lipinski definition) is 1. The SMILES string of the molecule is O=C1OCC(c2ccc(C[SH](=O)=O)cc2)=C1c1ccc(F)c(Cl)c1. The van der Waals surface area contributed by atoms with Gasteiger partial charge < -0.3 is 4.74 Å². The van der Waals surface area contributed by atoms with Crippen molar-refractivity contribution in [1.29, 1.82) is 0 Å². The van der Waals surface area contributed by atoms with Crippen LogP contribution < -0.4 is 0 Å². The molecule has 0 radical (unpaired) electrons. The van der Waals surface area contributed by atoms with E-state index in [4.69, 9.17) is 16.3 Å². The minimum atomic E-state index is -2.50. The summed E-state index contributed by atoms with van der Waals surface area (Å²) in [5, 5.41) is -0.0753. The van der Waals surface area contributed by atoms with Gasteiger partial charge in [-0.15, -0.1) is 0 Å². The van der Waals surface area contributed by atoms with Crippen molar-refractivity contribution >= 4 is 39.4 Å². The van der Waals surface area contributed by atoms with E-state index in [0.717, 1.165) is 5.56 Å². The van der Waals surface area contributed by atoms with Gasteiger partial charge in [-0.2, -0.15) is 0 Å². The highest BCUT2D eigenvalue weighted by molar-refractivity contribution is 7.71. The third-order valence-corrected chi connectivity index (χ3v) is 4.59. The van der Waals surface area contributed by atoms with Crippen LogP contribution in [0, 0.1) is 5.82 Å². The van der Waals surface area contributed by atoms with E-state index in [2.05, 4.69) is 0 Å². The first-order valence-corrected chi connectivity index (χ1v) is 8.76. The first-order valence-electron chi connectivity index (χ1n) is 7.02. The highest BCUT2D eigenvalue weighted by atomic mass is 35.5. The van der Waals surface area contributed by atoms with Gasteiger partial charge in [0, 0.05) is 5.57 Å². The molecule has 0 fully saturated rings. The monoisotopic (exact) mass is 366 g/mol. The Hall–Kier alpha value is -2.18. The highest BCUT2D eigenvalue weighted by Gasteiger charge is 2.27. The van der Waals surface area contributed by atoms with Crippen LogP contribution in [0.3, 0.4) is 0 Å². The lowest BCUT2D eigenvalue weighted by Gasteiger charge is -2.06. The van der Waals surface area contributed by atoms with Crippen molar-refractivity contribution in [3.8, 4) is 0 Å². The average Bonchev–Trinajstić information content (AvgIpc) is 2.92. The molecule has 0 atom stereocenters. The molecule has 0 unspecified atom stereocenters. The molecule has 0 aromatic heterocycles. The molecular weight excluding hydrogens is 355 g/mol. The smallest absolute Gasteiger partial charge is 0.339 e. The normalized spacial score (nSPS) is 14.4. The van der Waals surface area contributed by atoms with Crippen LogP contribution in [0.5, 0.6) is 0 Å². The second kappa shape index (κ2) is 6.75. The summed E-state index contributed by atoms with van der Waals surface area (Å²) in [6.07, 6.45) is 0. The summed E-state index contributed by atoms with van der Waals surface area (Å²) in [5.74, 6) is -1.10. The van der Waals surface area contributed by atoms with Crippen LogP contribution >= 0.6 is 11.6 Å². The van der Waals surface area contributed by atoms with E-state index in [9.17, 15) is 17.6 Å². The van der Waals surface area contributed by atoms with Gasteiger partial charge in [0.2, 0.25) is 0 Å². The minimum Gasteiger partial charge on any atom is -0.457 e. The van der Waals surface area contributed by atoms with Crippen molar-refractivity contribution < 1.29 is 22.3 Å². The summed E-state index contributed by atoms with van der Waals surface area (Å²) in [4.78, 5) is 12.1. The van der Waals surface area contributed by atoms with E-state index in [0.29, 0.717) is 22.3 Å². The van der Waals surface area contributed by atoms with Crippen LogP contribution in [0.2, 0.25) is 5.02 Å². The van der Waals surface area contributed by atoms with Crippen LogP contribution in [0.15, 0.2) is 42.5 Å². The molecule has 0 bridgehead atoms. The number of cyclic esters (lactones) is 1. The summed E-state index contributed by atoms with van der Waals surface area (Å²) >= 11 is 5.80. The van der Waals surface area contributed by atoms with E-state index in [1.165, 1.54) is 18.2 Å². The lowest BCUT2D eigenvalue weighted by Crippen LogP contribution is -1.99. The summed E-state index contributed by atoms with van der Waals surface area (Å²) in [6.45, 7) is 0.0956. The number of carbonyl (C=O) groups excluding carboxylic acids is 1. The Morgan fingerprint density at radius 2 is 1.75 bits per heavy atom. The molecule has 1 aliphatic rings. The predicted octanol–water partition coefficient (Wildman–Crippen LogP) is 3.06. The molecule has 3 rings (SSSR count). The molecule has 24 heavy (non-hydrogen) atoms. The second-order valence-electron chi connectivity index (χ2n) is 5.25. The number of ether oxygens (including phenoxy) is 1. The van der Waals surface area contributed by atoms with Gasteiger partial charge in [0.15, 0.2) is 0 Å². The number of esters is 1. The molecule has 0 spiro atoms. The molecule has 1 heterocycles. The molecule has 0 saturated carbocycles. The third kappa shape index (κ3) is 3.34. The number of halogens is 2. The molecule has 7 heteroatoms. The van der Waals surface area contributed by atoms with Crippen LogP contribution in [-0.2, 0) is 26.0 Å². The summed E-state index contributed by atoms with van der Waals surface area (Å²) in [7, 11) is -2.50. The Morgan fingerprint density at radius 1 is 1.08 bits per heavy atom. The number of rotatable bonds is 4. The van der Waals surface area contributed by atoms with Crippen LogP contribution in [-0.4, -0.2) is 21.0 Å². The topological polar surface area (TPSA) is 60.4 Å². The molecular formula is C17H12ClFO4S. The third-order valence-electron chi connectivity index (χ3n) is 3.68. The van der Waals surface area contributed by atoms with Crippen molar-refractivity contribution in [2.24, 2.45) is 0 Å². The summed E-state index contributed by atoms with van der Waals surface area (Å²) < 4.78 is 40.0. The van der Waals surface area contributed by atoms with Gasteiger partial charge in [-0.1, -0.05) is 41.9 Å². The van der Waals surface area contributed by atoms with Gasteiger partial charge >= 0.3 is 5.97 Å². The lowest BCUT2D eigenvalue weighted by atomic mass is 9.96. The van der Waals surface area contributed by atoms with Gasteiger partial charge in [-0.3, -0.25) is 0 Å². The second-order valence-corrected chi connectivity index (χ2v) is 6.64. The fourth-order valence-corrected chi connectivity index (χ4v) is 3.23. The van der Waals surface area contributed by atoms with Gasteiger partial charge in [0.05, 0.1) is 16.3 Å². The summed E-state index contributed by atoms with van der Waals surface area (Å²) in [6, 6.07) is 10.9. The van der Waals surface area contributed by atoms with E-state index in [-0.39, 0.29) is 17.4 Å². The van der Waals surface area contributed by atoms with Crippen molar-refractivity contribution in [1.82, 2.24) is 0 Å². The quantitative estimate of drug-likeness (QED) is 0.667. The Morgan fingerprint density at radius 3 is 2.38 bits per heavy atom. The zero-order chi connectivity index (χ0) is 17.3. The Bertz CT molecular complexity index is 909. The van der Waals surface area contributed by atoms with Gasteiger partial charge in [0.25, 0.3) is 0 Å². The Kier molecular flexibility index (Phi) is 4.69. The number of benzene rings is 2. The molecule has 0 amide bonds. The van der Waals surface area contributed by atoms with Crippen molar-refractivity contribution in [2.45, 2.75) is 5.75 Å². The van der Waals surface area contributed by atoms with Crippen LogP contribution in [0.1, 0.15) is 16.7 Å². The fourth-order valence-electron chi connectivity index (χ4n) is 2.54. The van der Waals surface area contributed by atoms with Crippen LogP contribution in [0.25, 0.3) is 11.1 Å². The molecule has 4 nitrogen and oxygen atoms in total. The largest absolute Gasteiger partial charge is 0.457 e. The van der Waals surface area contributed by atoms with E-state index < -0.39 is 22.5 Å². The average molecular weight is 367 g/mol. The maximum atomic E-state index is 13.3. The number of carbonyl (C=O) groups is 1. The number of thiol groups is 1. The van der Waals surface area contributed by atoms with Gasteiger partial charge in [0.1, 0.15) is 23.1 Å². The zero-order valence-corrected chi connectivity index (χ0v) is 13.9. The molecule has 1 aliphatic heterocycles. The molecule has 124 valence electrons. The van der Waals surface area contributed by atoms with Crippen molar-refractivity contribution in [3.05, 3.63) is 70.0 Å². The first-order chi connectivity index (χ1) is 11.5. The maximum Gasteiger partial charge on any atom is 0.339 e. The van der Waals surface area contributed by atoms with Crippen molar-refractivity contribution in [3.63, 3.8) is 0 Å². The lowest BCUT2D eigenvalue weighted by molar-refractivity contribution is -0.133. The predicted molar refractivity (Wildman–Crippen MR) is 89.6 cm³/mol. The van der Waals surface area contributed by atoms with Gasteiger partial charge in [-0.05, 0) is 28.8 Å². The van der Waals surface area contributed by atoms with Crippen LogP contribution in [0.4, 0.5) is 4.39 Å². The van der Waals surface area contributed by atoms with E-state index >= 15 is 0 Å². The standard InChI is InChI=1S/C17H12ClFO4S/c18-14-7-12(5-6-15(14)19)16-13(8-23-17(16)20)11-3-1-10(2-4-11)9-24(21)22/h1-7,24H,8-9H2. The van der Waals surface area contributed by atoms with E-state index in [1.54, 1.807) is 24.3 Å². The minimum absolute atomic E-state index is 0.0372. The molecule has 0 aliphatic carbocycles. The van der Waals surface area contributed by atoms with Gasteiger partial charge in [-0.25, -0.2) is 17.6 Å². The molecule has 2 aromatic carbocycles. The number of hydrogen-bond acceptors (Lipinski definition) is 4. The molecule has 2 aromatic rings. The van der Waals surface area contributed by atoms with E-state index in [1.807, 2.05) is 0 Å². The summed E-state index contributed by atoms with van der Waals surface area (Å²) in [5.41, 5.74) is 2.86. The molecule has 0 saturated heterocycles. The molecule has 0 N–H and O–H groups in total. The maximum absolute atomic E-state index is 13.3. The Labute approximate surface area is 144 Å². The highest BCUT2D eigenvalue weighted by Crippen LogP contribution is 2.34. The van der Waals surface area contributed by atoms with Crippen molar-refractivity contribution in [2.75, 3.05) is 6.61 Å². The Balaban J connectivity index is 2.04. The fraction of sp³-hybridized carbons (Fsp3) is 0.118.